The molecule has 8 heteroatoms. The zero-order chi connectivity index (χ0) is 17.3. The maximum absolute atomic E-state index is 12.1. The Hall–Kier alpha value is -2.74. The highest BCUT2D eigenvalue weighted by Gasteiger charge is 2.09. The van der Waals surface area contributed by atoms with Crippen LogP contribution in [-0.4, -0.2) is 25.7 Å². The van der Waals surface area contributed by atoms with Crippen LogP contribution in [0.3, 0.4) is 0 Å². The van der Waals surface area contributed by atoms with Crippen molar-refractivity contribution < 1.29 is 4.42 Å². The molecule has 0 amide bonds. The number of hydrogen-bond donors (Lipinski definition) is 1. The molecular formula is C16H17N5O2S. The average Bonchev–Trinajstić information content (AvgIpc) is 3.15. The zero-order valence-electron chi connectivity index (χ0n) is 13.6. The Kier molecular flexibility index (Phi) is 4.30. The molecule has 7 nitrogen and oxygen atoms in total. The summed E-state index contributed by atoms with van der Waals surface area (Å²) in [4.78, 5) is 12.1. The van der Waals surface area contributed by atoms with Crippen LogP contribution >= 0.6 is 12.2 Å². The van der Waals surface area contributed by atoms with Crippen molar-refractivity contribution in [3.05, 3.63) is 68.0 Å². The first-order chi connectivity index (χ1) is 11.5. The van der Waals surface area contributed by atoms with E-state index in [1.807, 2.05) is 32.0 Å². The SMILES string of the molecule is Cc1n[nH]c(=S)n(/N=C\c2cc(C)n(Cc3ccco3)c2C)c1=O. The van der Waals surface area contributed by atoms with Crippen LogP contribution in [0.5, 0.6) is 0 Å². The van der Waals surface area contributed by atoms with Crippen LogP contribution in [0.15, 0.2) is 38.8 Å². The van der Waals surface area contributed by atoms with Gasteiger partial charge in [0.05, 0.1) is 19.0 Å². The van der Waals surface area contributed by atoms with Gasteiger partial charge >= 0.3 is 0 Å². The molecule has 0 fully saturated rings. The summed E-state index contributed by atoms with van der Waals surface area (Å²) in [5.41, 5.74) is 2.99. The molecule has 3 aromatic rings. The molecule has 0 aromatic carbocycles. The maximum Gasteiger partial charge on any atom is 0.296 e. The summed E-state index contributed by atoms with van der Waals surface area (Å²) in [6.07, 6.45) is 3.29. The lowest BCUT2D eigenvalue weighted by Gasteiger charge is -2.07. The quantitative estimate of drug-likeness (QED) is 0.583. The third-order valence-electron chi connectivity index (χ3n) is 3.83. The highest BCUT2D eigenvalue weighted by Crippen LogP contribution is 2.16. The summed E-state index contributed by atoms with van der Waals surface area (Å²) >= 11 is 5.07. The van der Waals surface area contributed by atoms with Crippen molar-refractivity contribution in [2.24, 2.45) is 5.10 Å². The Bertz CT molecular complexity index is 1010. The molecule has 0 saturated heterocycles. The van der Waals surface area contributed by atoms with Gasteiger partial charge in [0.2, 0.25) is 4.77 Å². The number of aryl methyl sites for hydroxylation is 2. The fourth-order valence-electron chi connectivity index (χ4n) is 2.46. The van der Waals surface area contributed by atoms with E-state index in [-0.39, 0.29) is 10.3 Å². The van der Waals surface area contributed by atoms with E-state index >= 15 is 0 Å². The van der Waals surface area contributed by atoms with Crippen molar-refractivity contribution in [2.75, 3.05) is 0 Å². The van der Waals surface area contributed by atoms with Gasteiger partial charge in [0.25, 0.3) is 5.56 Å². The van der Waals surface area contributed by atoms with Crippen LogP contribution in [0.2, 0.25) is 0 Å². The van der Waals surface area contributed by atoms with E-state index in [9.17, 15) is 4.79 Å². The Labute approximate surface area is 143 Å². The lowest BCUT2D eigenvalue weighted by atomic mass is 10.3. The number of H-pyrrole nitrogens is 1. The molecule has 0 spiro atoms. The van der Waals surface area contributed by atoms with Gasteiger partial charge in [0, 0.05) is 17.0 Å². The molecule has 0 unspecified atom stereocenters. The molecule has 3 heterocycles. The summed E-state index contributed by atoms with van der Waals surface area (Å²) in [6, 6.07) is 5.81. The molecule has 124 valence electrons. The normalized spacial score (nSPS) is 11.5. The van der Waals surface area contributed by atoms with Crippen molar-refractivity contribution in [3.8, 4) is 0 Å². The van der Waals surface area contributed by atoms with Crippen molar-refractivity contribution >= 4 is 18.4 Å². The Morgan fingerprint density at radius 1 is 1.42 bits per heavy atom. The molecule has 1 N–H and O–H groups in total. The number of aromatic amines is 1. The van der Waals surface area contributed by atoms with E-state index in [2.05, 4.69) is 19.9 Å². The van der Waals surface area contributed by atoms with E-state index in [0.717, 1.165) is 27.4 Å². The molecule has 0 bridgehead atoms. The highest BCUT2D eigenvalue weighted by molar-refractivity contribution is 7.71. The molecule has 3 aromatic heterocycles. The van der Waals surface area contributed by atoms with Gasteiger partial charge < -0.3 is 8.98 Å². The third-order valence-corrected chi connectivity index (χ3v) is 4.10. The monoisotopic (exact) mass is 343 g/mol. The van der Waals surface area contributed by atoms with E-state index in [4.69, 9.17) is 16.6 Å². The van der Waals surface area contributed by atoms with Crippen LogP contribution in [0.1, 0.15) is 28.4 Å². The van der Waals surface area contributed by atoms with Gasteiger partial charge in [-0.3, -0.25) is 9.89 Å². The fraction of sp³-hybridized carbons (Fsp3) is 0.250. The first-order valence-electron chi connectivity index (χ1n) is 7.39. The van der Waals surface area contributed by atoms with Gasteiger partial charge in [-0.25, -0.2) is 0 Å². The predicted molar refractivity (Wildman–Crippen MR) is 93.1 cm³/mol. The lowest BCUT2D eigenvalue weighted by molar-refractivity contribution is 0.489. The summed E-state index contributed by atoms with van der Waals surface area (Å²) in [6.45, 7) is 6.27. The van der Waals surface area contributed by atoms with E-state index < -0.39 is 0 Å². The van der Waals surface area contributed by atoms with Crippen molar-refractivity contribution in [1.82, 2.24) is 19.4 Å². The van der Waals surface area contributed by atoms with Gasteiger partial charge in [-0.05, 0) is 51.2 Å². The third kappa shape index (κ3) is 3.00. The molecule has 3 rings (SSSR count). The predicted octanol–water partition coefficient (Wildman–Crippen LogP) is 2.55. The highest BCUT2D eigenvalue weighted by atomic mass is 32.1. The maximum atomic E-state index is 12.1. The van der Waals surface area contributed by atoms with Crippen molar-refractivity contribution in [1.29, 1.82) is 0 Å². The number of hydrogen-bond acceptors (Lipinski definition) is 5. The topological polar surface area (TPSA) is 81.1 Å². The van der Waals surface area contributed by atoms with E-state index in [0.29, 0.717) is 12.2 Å². The van der Waals surface area contributed by atoms with Crippen LogP contribution in [0.25, 0.3) is 0 Å². The second-order valence-electron chi connectivity index (χ2n) is 5.47. The smallest absolute Gasteiger partial charge is 0.296 e. The van der Waals surface area contributed by atoms with Crippen LogP contribution < -0.4 is 5.56 Å². The first-order valence-corrected chi connectivity index (χ1v) is 7.80. The number of nitrogens with one attached hydrogen (secondary N) is 1. The second kappa shape index (κ2) is 6.40. The van der Waals surface area contributed by atoms with E-state index in [1.165, 1.54) is 0 Å². The first kappa shape index (κ1) is 16.1. The number of aromatic nitrogens is 4. The number of nitrogens with zero attached hydrogens (tertiary/aromatic N) is 4. The molecule has 24 heavy (non-hydrogen) atoms. The minimum Gasteiger partial charge on any atom is -0.467 e. The minimum absolute atomic E-state index is 0.159. The zero-order valence-corrected chi connectivity index (χ0v) is 14.4. The molecule has 0 radical (unpaired) electrons. The molecule has 0 aliphatic carbocycles. The standard InChI is InChI=1S/C16H17N5O2S/c1-10-7-13(12(3)20(10)9-14-5-4-6-23-14)8-17-21-15(22)11(2)18-19-16(21)24/h4-8H,9H2,1-3H3,(H,19,24)/b17-8-. The van der Waals surface area contributed by atoms with E-state index in [1.54, 1.807) is 19.4 Å². The molecule has 0 saturated carbocycles. The largest absolute Gasteiger partial charge is 0.467 e. The minimum atomic E-state index is -0.334. The Morgan fingerprint density at radius 3 is 2.92 bits per heavy atom. The van der Waals surface area contributed by atoms with Crippen LogP contribution in [0.4, 0.5) is 0 Å². The van der Waals surface area contributed by atoms with Crippen molar-refractivity contribution in [2.45, 2.75) is 27.3 Å². The fourth-order valence-corrected chi connectivity index (χ4v) is 2.63. The van der Waals surface area contributed by atoms with Crippen LogP contribution in [-0.2, 0) is 6.54 Å². The van der Waals surface area contributed by atoms with Gasteiger partial charge in [0.15, 0.2) is 0 Å². The second-order valence-corrected chi connectivity index (χ2v) is 5.85. The summed E-state index contributed by atoms with van der Waals surface area (Å²) in [5, 5.41) is 10.6. The molecule has 0 aliphatic rings. The van der Waals surface area contributed by atoms with Gasteiger partial charge in [-0.2, -0.15) is 14.9 Å². The van der Waals surface area contributed by atoms with Gasteiger partial charge in [0.1, 0.15) is 11.5 Å². The summed E-state index contributed by atoms with van der Waals surface area (Å²) < 4.78 is 8.83. The number of furan rings is 1. The van der Waals surface area contributed by atoms with Crippen molar-refractivity contribution in [3.63, 3.8) is 0 Å². The lowest BCUT2D eigenvalue weighted by Crippen LogP contribution is -2.22. The summed E-state index contributed by atoms with van der Waals surface area (Å²) in [5.74, 6) is 0.878. The molecule has 0 atom stereocenters. The van der Waals surface area contributed by atoms with Crippen LogP contribution in [0, 0.1) is 25.5 Å². The average molecular weight is 343 g/mol. The van der Waals surface area contributed by atoms with Gasteiger partial charge in [-0.15, -0.1) is 0 Å². The molecule has 0 aliphatic heterocycles. The Balaban J connectivity index is 1.96. The number of rotatable bonds is 4. The summed E-state index contributed by atoms with van der Waals surface area (Å²) in [7, 11) is 0. The van der Waals surface area contributed by atoms with Gasteiger partial charge in [-0.1, -0.05) is 0 Å². The Morgan fingerprint density at radius 2 is 2.21 bits per heavy atom. The molecular weight excluding hydrogens is 326 g/mol.